The fourth-order valence-corrected chi connectivity index (χ4v) is 2.66. The first kappa shape index (κ1) is 15.0. The molecule has 110 valence electrons. The van der Waals surface area contributed by atoms with E-state index in [1.807, 2.05) is 13.8 Å². The summed E-state index contributed by atoms with van der Waals surface area (Å²) in [5.74, 6) is -0.170. The molecule has 2 atom stereocenters. The molecule has 2 rings (SSSR count). The molecule has 1 fully saturated rings. The molecule has 2 unspecified atom stereocenters. The van der Waals surface area contributed by atoms with Crippen LogP contribution in [0.4, 0.5) is 4.39 Å². The summed E-state index contributed by atoms with van der Waals surface area (Å²) in [5.41, 5.74) is 0.580. The molecule has 0 aromatic heterocycles. The van der Waals surface area contributed by atoms with Gasteiger partial charge in [-0.2, -0.15) is 0 Å². The van der Waals surface area contributed by atoms with Crippen molar-refractivity contribution < 1.29 is 9.18 Å². The van der Waals surface area contributed by atoms with Crippen LogP contribution < -0.4 is 10.6 Å². The zero-order chi connectivity index (χ0) is 14.6. The Hall–Kier alpha value is -1.42. The highest BCUT2D eigenvalue weighted by atomic mass is 19.1. The van der Waals surface area contributed by atoms with Crippen LogP contribution in [0.1, 0.15) is 38.7 Å². The number of hydrogen-bond acceptors (Lipinski definition) is 2. The molecule has 0 saturated carbocycles. The first-order valence-corrected chi connectivity index (χ1v) is 7.30. The van der Waals surface area contributed by atoms with Gasteiger partial charge in [-0.15, -0.1) is 0 Å². The van der Waals surface area contributed by atoms with Crippen molar-refractivity contribution >= 4 is 5.91 Å². The second-order valence-corrected chi connectivity index (χ2v) is 5.92. The van der Waals surface area contributed by atoms with Crippen LogP contribution in [0.15, 0.2) is 24.3 Å². The number of piperidine rings is 1. The van der Waals surface area contributed by atoms with Crippen molar-refractivity contribution in [2.45, 2.75) is 51.1 Å². The van der Waals surface area contributed by atoms with E-state index in [0.29, 0.717) is 6.42 Å². The zero-order valence-corrected chi connectivity index (χ0v) is 12.2. The maximum atomic E-state index is 12.8. The van der Waals surface area contributed by atoms with Crippen molar-refractivity contribution in [3.8, 4) is 0 Å². The fraction of sp³-hybridized carbons (Fsp3) is 0.562. The van der Waals surface area contributed by atoms with Crippen LogP contribution >= 0.6 is 0 Å². The molecule has 4 heteroatoms. The number of hydrogen-bond donors (Lipinski definition) is 2. The van der Waals surface area contributed by atoms with E-state index in [1.165, 1.54) is 12.1 Å². The average molecular weight is 278 g/mol. The summed E-state index contributed by atoms with van der Waals surface area (Å²) < 4.78 is 12.8. The minimum absolute atomic E-state index is 0.0357. The van der Waals surface area contributed by atoms with Gasteiger partial charge in [0.1, 0.15) is 5.82 Å². The average Bonchev–Trinajstić information content (AvgIpc) is 2.42. The van der Waals surface area contributed by atoms with Gasteiger partial charge in [-0.3, -0.25) is 4.79 Å². The van der Waals surface area contributed by atoms with E-state index in [9.17, 15) is 9.18 Å². The van der Waals surface area contributed by atoms with Crippen LogP contribution in [0.2, 0.25) is 0 Å². The van der Waals surface area contributed by atoms with Crippen molar-refractivity contribution in [3.63, 3.8) is 0 Å². The molecule has 0 spiro atoms. The molecule has 0 aliphatic carbocycles. The highest BCUT2D eigenvalue weighted by Gasteiger charge is 2.34. The molecule has 0 radical (unpaired) electrons. The lowest BCUT2D eigenvalue weighted by atomic mass is 9.89. The van der Waals surface area contributed by atoms with Crippen LogP contribution in [0.25, 0.3) is 0 Å². The van der Waals surface area contributed by atoms with Crippen LogP contribution in [0.3, 0.4) is 0 Å². The molecule has 0 bridgehead atoms. The lowest BCUT2D eigenvalue weighted by Gasteiger charge is -2.34. The van der Waals surface area contributed by atoms with E-state index in [4.69, 9.17) is 0 Å². The Morgan fingerprint density at radius 3 is 2.70 bits per heavy atom. The Morgan fingerprint density at radius 1 is 1.40 bits per heavy atom. The van der Waals surface area contributed by atoms with Gasteiger partial charge in [0.25, 0.3) is 0 Å². The van der Waals surface area contributed by atoms with Crippen molar-refractivity contribution in [3.05, 3.63) is 35.6 Å². The van der Waals surface area contributed by atoms with Crippen LogP contribution in [-0.2, 0) is 11.2 Å². The Balaban J connectivity index is 1.88. The Morgan fingerprint density at radius 2 is 2.10 bits per heavy atom. The molecule has 2 N–H and O–H groups in total. The molecule has 20 heavy (non-hydrogen) atoms. The Kier molecular flexibility index (Phi) is 4.76. The van der Waals surface area contributed by atoms with Gasteiger partial charge < -0.3 is 10.6 Å². The summed E-state index contributed by atoms with van der Waals surface area (Å²) in [7, 11) is 0. The summed E-state index contributed by atoms with van der Waals surface area (Å²) in [6.07, 6.45) is 3.81. The first-order valence-electron chi connectivity index (χ1n) is 7.30. The Bertz CT molecular complexity index is 452. The minimum atomic E-state index is -0.449. The molecule has 3 nitrogen and oxygen atoms in total. The van der Waals surface area contributed by atoms with Gasteiger partial charge in [-0.25, -0.2) is 4.39 Å². The van der Waals surface area contributed by atoms with E-state index < -0.39 is 5.54 Å². The van der Waals surface area contributed by atoms with Gasteiger partial charge >= 0.3 is 0 Å². The molecule has 1 aromatic carbocycles. The number of amides is 1. The summed E-state index contributed by atoms with van der Waals surface area (Å²) >= 11 is 0. The first-order chi connectivity index (χ1) is 9.49. The van der Waals surface area contributed by atoms with E-state index in [2.05, 4.69) is 10.6 Å². The van der Waals surface area contributed by atoms with Crippen molar-refractivity contribution in [1.29, 1.82) is 0 Å². The van der Waals surface area contributed by atoms with E-state index in [-0.39, 0.29) is 17.8 Å². The smallest absolute Gasteiger partial charge is 0.240 e. The van der Waals surface area contributed by atoms with E-state index in [1.54, 1.807) is 12.1 Å². The zero-order valence-electron chi connectivity index (χ0n) is 12.2. The third kappa shape index (κ3) is 3.79. The largest absolute Gasteiger partial charge is 0.352 e. The predicted molar refractivity (Wildman–Crippen MR) is 78.0 cm³/mol. The second-order valence-electron chi connectivity index (χ2n) is 5.92. The van der Waals surface area contributed by atoms with E-state index in [0.717, 1.165) is 31.4 Å². The molecule has 1 amide bonds. The van der Waals surface area contributed by atoms with Gasteiger partial charge in [0.2, 0.25) is 5.91 Å². The number of nitrogens with one attached hydrogen (secondary N) is 2. The molecule has 1 aliphatic rings. The van der Waals surface area contributed by atoms with Crippen molar-refractivity contribution in [2.24, 2.45) is 0 Å². The van der Waals surface area contributed by atoms with Crippen molar-refractivity contribution in [2.75, 3.05) is 6.54 Å². The van der Waals surface area contributed by atoms with Gasteiger partial charge in [-0.05, 0) is 63.8 Å². The summed E-state index contributed by atoms with van der Waals surface area (Å²) in [6, 6.07) is 6.47. The molecule has 1 aliphatic heterocycles. The lowest BCUT2D eigenvalue weighted by molar-refractivity contribution is -0.128. The number of carbonyl (C=O) groups is 1. The highest BCUT2D eigenvalue weighted by molar-refractivity contribution is 5.86. The van der Waals surface area contributed by atoms with Crippen LogP contribution in [-0.4, -0.2) is 24.0 Å². The third-order valence-electron chi connectivity index (χ3n) is 3.95. The monoisotopic (exact) mass is 278 g/mol. The maximum absolute atomic E-state index is 12.8. The van der Waals surface area contributed by atoms with Crippen molar-refractivity contribution in [1.82, 2.24) is 10.6 Å². The number of benzene rings is 1. The summed E-state index contributed by atoms with van der Waals surface area (Å²) in [5, 5.41) is 6.37. The van der Waals surface area contributed by atoms with Crippen LogP contribution in [0, 0.1) is 5.82 Å². The molecule has 1 heterocycles. The fourth-order valence-electron chi connectivity index (χ4n) is 2.66. The highest BCUT2D eigenvalue weighted by Crippen LogP contribution is 2.19. The minimum Gasteiger partial charge on any atom is -0.352 e. The molecular weight excluding hydrogens is 255 g/mol. The predicted octanol–water partition coefficient (Wildman–Crippen LogP) is 2.41. The number of carbonyl (C=O) groups excluding carboxylic acids is 1. The molecule has 1 aromatic rings. The quantitative estimate of drug-likeness (QED) is 0.888. The van der Waals surface area contributed by atoms with Gasteiger partial charge in [0.05, 0.1) is 5.54 Å². The Labute approximate surface area is 120 Å². The van der Waals surface area contributed by atoms with E-state index >= 15 is 0 Å². The number of rotatable bonds is 4. The topological polar surface area (TPSA) is 41.1 Å². The summed E-state index contributed by atoms with van der Waals surface area (Å²) in [6.45, 7) is 4.84. The lowest BCUT2D eigenvalue weighted by Crippen LogP contribution is -2.58. The molecular formula is C16H23FN2O. The van der Waals surface area contributed by atoms with Gasteiger partial charge in [0.15, 0.2) is 0 Å². The molecule has 1 saturated heterocycles. The second kappa shape index (κ2) is 6.35. The van der Waals surface area contributed by atoms with Gasteiger partial charge in [0, 0.05) is 6.04 Å². The normalized spacial score (nSPS) is 24.1. The van der Waals surface area contributed by atoms with Crippen LogP contribution in [0.5, 0.6) is 0 Å². The number of halogens is 1. The maximum Gasteiger partial charge on any atom is 0.240 e. The van der Waals surface area contributed by atoms with Gasteiger partial charge in [-0.1, -0.05) is 12.1 Å². The standard InChI is InChI=1S/C16H23FN2O/c1-12(11-13-5-7-14(17)8-6-13)19-15(20)16(2)9-3-4-10-18-16/h5-8,12,18H,3-4,9-11H2,1-2H3,(H,19,20). The third-order valence-corrected chi connectivity index (χ3v) is 3.95. The SMILES string of the molecule is CC(Cc1ccc(F)cc1)NC(=O)C1(C)CCCCN1. The summed E-state index contributed by atoms with van der Waals surface area (Å²) in [4.78, 5) is 12.3.